The molecule has 3 aromatic heterocycles. The molecule has 264 valence electrons. The van der Waals surface area contributed by atoms with Crippen molar-refractivity contribution >= 4 is 46.4 Å². The van der Waals surface area contributed by atoms with Crippen LogP contribution in [0.15, 0.2) is 60.7 Å². The lowest BCUT2D eigenvalue weighted by Gasteiger charge is -2.14. The molecule has 0 atom stereocenters. The van der Waals surface area contributed by atoms with Crippen LogP contribution in [0.4, 0.5) is 0 Å². The Morgan fingerprint density at radius 3 is 1.02 bits per heavy atom. The SMILES string of the molecule is Cc1cc(C)c(-c2c3nc(c(-c4c(C)cc(C)cc4C)c4ccc([nH]4)c(-c4c(C)cc(C)cc4C)c4nc(c(CO)c5ccc2[nH]5)C=C4)C=C3)c(C)c1. The highest BCUT2D eigenvalue weighted by molar-refractivity contribution is 5.99. The molecule has 0 radical (unpaired) electrons. The van der Waals surface area contributed by atoms with E-state index in [4.69, 9.17) is 9.97 Å². The van der Waals surface area contributed by atoms with E-state index in [-0.39, 0.29) is 6.61 Å². The maximum absolute atomic E-state index is 10.9. The predicted octanol–water partition coefficient (Wildman–Crippen LogP) is 11.9. The van der Waals surface area contributed by atoms with Crippen molar-refractivity contribution < 1.29 is 5.11 Å². The minimum absolute atomic E-state index is 0.161. The van der Waals surface area contributed by atoms with E-state index in [2.05, 4.69) is 151 Å². The number of benzene rings is 3. The molecule has 2 aliphatic heterocycles. The van der Waals surface area contributed by atoms with Gasteiger partial charge in [-0.25, -0.2) is 9.97 Å². The van der Waals surface area contributed by atoms with Gasteiger partial charge in [-0.1, -0.05) is 53.1 Å². The standard InChI is InChI=1S/C48H46N4O/c1-25-18-28(4)43(29(5)19-25)46-37-12-10-35(49-37)34(24-53)36-11-13-38(50-36)47(44-30(6)20-26(2)21-31(44)7)40-15-17-42(52-40)48(41-16-14-39(46)51-41)45-32(8)22-27(3)23-33(45)9/h10-23,49,52-53H,24H2,1-9H3. The normalized spacial score (nSPS) is 12.3. The lowest BCUT2D eigenvalue weighted by Crippen LogP contribution is -1.96. The van der Waals surface area contributed by atoms with Crippen molar-refractivity contribution in [1.82, 2.24) is 19.9 Å². The van der Waals surface area contributed by atoms with Gasteiger partial charge >= 0.3 is 0 Å². The third kappa shape index (κ3) is 5.86. The molecular weight excluding hydrogens is 649 g/mol. The summed E-state index contributed by atoms with van der Waals surface area (Å²) in [6.45, 7) is 19.4. The minimum atomic E-state index is -0.161. The number of aryl methyl sites for hydroxylation is 9. The molecule has 0 amide bonds. The second-order valence-electron chi connectivity index (χ2n) is 15.1. The Bertz CT molecular complexity index is 2630. The number of hydrogen-bond donors (Lipinski definition) is 3. The second-order valence-corrected chi connectivity index (χ2v) is 15.1. The van der Waals surface area contributed by atoms with Crippen molar-refractivity contribution in [1.29, 1.82) is 0 Å². The van der Waals surface area contributed by atoms with E-state index >= 15 is 0 Å². The fraction of sp³-hybridized carbons (Fsp3) is 0.208. The molecule has 2 aliphatic rings. The zero-order valence-electron chi connectivity index (χ0n) is 32.1. The fourth-order valence-corrected chi connectivity index (χ4v) is 8.94. The van der Waals surface area contributed by atoms with Gasteiger partial charge in [-0.05, 0) is 161 Å². The molecule has 5 nitrogen and oxygen atoms in total. The van der Waals surface area contributed by atoms with Gasteiger partial charge in [-0.3, -0.25) is 0 Å². The number of aliphatic hydroxyl groups is 1. The van der Waals surface area contributed by atoms with E-state index in [0.717, 1.165) is 78.2 Å². The molecule has 5 heteroatoms. The van der Waals surface area contributed by atoms with Gasteiger partial charge in [-0.15, -0.1) is 0 Å². The fourth-order valence-electron chi connectivity index (χ4n) is 8.94. The van der Waals surface area contributed by atoms with Gasteiger partial charge in [0.25, 0.3) is 0 Å². The van der Waals surface area contributed by atoms with Crippen LogP contribution in [0.25, 0.3) is 79.8 Å². The van der Waals surface area contributed by atoms with Crippen molar-refractivity contribution in [3.05, 3.63) is 139 Å². The van der Waals surface area contributed by atoms with Crippen LogP contribution in [0, 0.1) is 62.3 Å². The summed E-state index contributed by atoms with van der Waals surface area (Å²) in [4.78, 5) is 18.4. The van der Waals surface area contributed by atoms with Crippen molar-refractivity contribution in [2.75, 3.05) is 0 Å². The Hall–Kier alpha value is -5.78. The minimum Gasteiger partial charge on any atom is -0.392 e. The molecule has 0 aliphatic carbocycles. The van der Waals surface area contributed by atoms with E-state index in [9.17, 15) is 5.11 Å². The number of aliphatic hydroxyl groups excluding tert-OH is 1. The Kier molecular flexibility index (Phi) is 8.43. The number of H-pyrrole nitrogens is 2. The third-order valence-corrected chi connectivity index (χ3v) is 10.8. The van der Waals surface area contributed by atoms with Crippen LogP contribution in [-0.2, 0) is 6.61 Å². The topological polar surface area (TPSA) is 77.6 Å². The van der Waals surface area contributed by atoms with Crippen LogP contribution >= 0.6 is 0 Å². The Labute approximate surface area is 311 Å². The predicted molar refractivity (Wildman–Crippen MR) is 224 cm³/mol. The molecule has 5 heterocycles. The summed E-state index contributed by atoms with van der Waals surface area (Å²) < 4.78 is 0. The Morgan fingerprint density at radius 2 is 0.679 bits per heavy atom. The molecule has 0 saturated carbocycles. The molecule has 0 saturated heterocycles. The van der Waals surface area contributed by atoms with Gasteiger partial charge in [0.2, 0.25) is 0 Å². The van der Waals surface area contributed by atoms with E-state index in [0.29, 0.717) is 0 Å². The van der Waals surface area contributed by atoms with E-state index in [1.54, 1.807) is 0 Å². The average molecular weight is 695 g/mol. The van der Waals surface area contributed by atoms with Gasteiger partial charge in [0.05, 0.1) is 29.4 Å². The van der Waals surface area contributed by atoms with Crippen LogP contribution in [0.5, 0.6) is 0 Å². The summed E-state index contributed by atoms with van der Waals surface area (Å²) in [6, 6.07) is 22.0. The highest BCUT2D eigenvalue weighted by atomic mass is 16.3. The second kappa shape index (κ2) is 13.0. The molecule has 0 unspecified atom stereocenters. The summed E-state index contributed by atoms with van der Waals surface area (Å²) >= 11 is 0. The molecule has 0 fully saturated rings. The van der Waals surface area contributed by atoms with Crippen LogP contribution in [0.1, 0.15) is 78.4 Å². The molecule has 53 heavy (non-hydrogen) atoms. The first kappa shape index (κ1) is 34.3. The molecule has 6 aromatic rings. The van der Waals surface area contributed by atoms with E-state index in [1.807, 2.05) is 6.08 Å². The molecule has 3 N–H and O–H groups in total. The zero-order chi connectivity index (χ0) is 37.3. The number of hydrogen-bond acceptors (Lipinski definition) is 3. The number of rotatable bonds is 4. The highest BCUT2D eigenvalue weighted by Gasteiger charge is 2.22. The first-order chi connectivity index (χ1) is 25.4. The number of nitrogens with zero attached hydrogens (tertiary/aromatic N) is 2. The smallest absolute Gasteiger partial charge is 0.0737 e. The van der Waals surface area contributed by atoms with Crippen molar-refractivity contribution in [3.8, 4) is 33.4 Å². The number of aromatic amines is 2. The molecule has 3 aromatic carbocycles. The van der Waals surface area contributed by atoms with Crippen molar-refractivity contribution in [3.63, 3.8) is 0 Å². The van der Waals surface area contributed by atoms with Gasteiger partial charge < -0.3 is 15.1 Å². The van der Waals surface area contributed by atoms with Gasteiger partial charge in [0.1, 0.15) is 0 Å². The Morgan fingerprint density at radius 1 is 0.396 bits per heavy atom. The summed E-state index contributed by atoms with van der Waals surface area (Å²) in [5, 5.41) is 10.9. The lowest BCUT2D eigenvalue weighted by molar-refractivity contribution is 0.282. The van der Waals surface area contributed by atoms with Crippen LogP contribution in [0.2, 0.25) is 0 Å². The number of fused-ring (bicyclic) bond motifs is 8. The van der Waals surface area contributed by atoms with E-state index in [1.165, 1.54) is 55.6 Å². The Balaban J connectivity index is 1.61. The molecule has 8 bridgehead atoms. The first-order valence-electron chi connectivity index (χ1n) is 18.4. The van der Waals surface area contributed by atoms with Crippen LogP contribution in [0.3, 0.4) is 0 Å². The summed E-state index contributed by atoms with van der Waals surface area (Å²) in [6.07, 6.45) is 8.44. The maximum Gasteiger partial charge on any atom is 0.0737 e. The first-order valence-corrected chi connectivity index (χ1v) is 18.4. The van der Waals surface area contributed by atoms with Gasteiger partial charge in [-0.2, -0.15) is 0 Å². The largest absolute Gasteiger partial charge is 0.392 e. The van der Waals surface area contributed by atoms with E-state index < -0.39 is 0 Å². The number of nitrogens with one attached hydrogen (secondary N) is 2. The zero-order valence-corrected chi connectivity index (χ0v) is 32.1. The van der Waals surface area contributed by atoms with Gasteiger partial charge in [0.15, 0.2) is 0 Å². The molecular formula is C48H46N4O. The van der Waals surface area contributed by atoms with Crippen molar-refractivity contribution in [2.24, 2.45) is 0 Å². The maximum atomic E-state index is 10.9. The van der Waals surface area contributed by atoms with Crippen molar-refractivity contribution in [2.45, 2.75) is 68.9 Å². The summed E-state index contributed by atoms with van der Waals surface area (Å²) in [5.74, 6) is 0. The lowest BCUT2D eigenvalue weighted by atomic mass is 9.92. The summed E-state index contributed by atoms with van der Waals surface area (Å²) in [5.41, 5.74) is 25.4. The highest BCUT2D eigenvalue weighted by Crippen LogP contribution is 2.41. The number of aromatic nitrogens is 4. The monoisotopic (exact) mass is 694 g/mol. The third-order valence-electron chi connectivity index (χ3n) is 10.8. The van der Waals surface area contributed by atoms with Crippen LogP contribution < -0.4 is 0 Å². The summed E-state index contributed by atoms with van der Waals surface area (Å²) in [7, 11) is 0. The average Bonchev–Trinajstić information content (AvgIpc) is 3.91. The van der Waals surface area contributed by atoms with Gasteiger partial charge in [0, 0.05) is 44.3 Å². The van der Waals surface area contributed by atoms with Crippen LogP contribution in [-0.4, -0.2) is 25.0 Å². The molecule has 8 rings (SSSR count). The quantitative estimate of drug-likeness (QED) is 0.172. The molecule has 0 spiro atoms.